The molecule has 0 amide bonds. The molecule has 1 rings (SSSR count). The summed E-state index contributed by atoms with van der Waals surface area (Å²) in [5, 5.41) is 9.26. The molecule has 0 radical (unpaired) electrons. The molecule has 1 atom stereocenters. The fourth-order valence-corrected chi connectivity index (χ4v) is 2.38. The summed E-state index contributed by atoms with van der Waals surface area (Å²) >= 11 is 1.87. The lowest BCUT2D eigenvalue weighted by atomic mass is 10.3. The molecule has 1 unspecified atom stereocenters. The number of aliphatic hydroxyl groups is 1. The predicted octanol–water partition coefficient (Wildman–Crippen LogP) is 0.348. The van der Waals surface area contributed by atoms with Crippen molar-refractivity contribution in [1.29, 1.82) is 0 Å². The van der Waals surface area contributed by atoms with E-state index in [1.807, 2.05) is 11.8 Å². The molecule has 14 heavy (non-hydrogen) atoms. The first-order chi connectivity index (χ1) is 6.72. The lowest BCUT2D eigenvalue weighted by Crippen LogP contribution is -2.45. The van der Waals surface area contributed by atoms with Gasteiger partial charge in [-0.05, 0) is 7.05 Å². The summed E-state index contributed by atoms with van der Waals surface area (Å²) in [7, 11) is 2.18. The highest BCUT2D eigenvalue weighted by Crippen LogP contribution is 2.10. The molecule has 0 aromatic rings. The number of aliphatic hydroxyl groups excluding tert-OH is 1. The molecule has 1 saturated heterocycles. The monoisotopic (exact) mass is 218 g/mol. The minimum absolute atomic E-state index is 0.299. The van der Waals surface area contributed by atoms with Crippen LogP contribution < -0.4 is 0 Å². The Bertz CT molecular complexity index is 149. The van der Waals surface area contributed by atoms with Gasteiger partial charge in [-0.2, -0.15) is 11.8 Å². The highest BCUT2D eigenvalue weighted by molar-refractivity contribution is 7.99. The van der Waals surface area contributed by atoms with E-state index in [9.17, 15) is 0 Å². The van der Waals surface area contributed by atoms with Crippen LogP contribution in [0, 0.1) is 0 Å². The average molecular weight is 218 g/mol. The zero-order valence-electron chi connectivity index (χ0n) is 9.28. The molecule has 1 fully saturated rings. The van der Waals surface area contributed by atoms with Crippen LogP contribution in [0.25, 0.3) is 0 Å². The quantitative estimate of drug-likeness (QED) is 0.720. The molecule has 1 aliphatic heterocycles. The van der Waals surface area contributed by atoms with Crippen LogP contribution in [0.4, 0.5) is 0 Å². The van der Waals surface area contributed by atoms with Crippen molar-refractivity contribution in [3.05, 3.63) is 0 Å². The van der Waals surface area contributed by atoms with Crippen molar-refractivity contribution < 1.29 is 5.11 Å². The van der Waals surface area contributed by atoms with Crippen molar-refractivity contribution >= 4 is 11.8 Å². The zero-order chi connectivity index (χ0) is 10.4. The van der Waals surface area contributed by atoms with Gasteiger partial charge in [0.2, 0.25) is 0 Å². The summed E-state index contributed by atoms with van der Waals surface area (Å²) in [6.07, 6.45) is 0. The number of piperazine rings is 1. The third-order valence-electron chi connectivity index (χ3n) is 2.66. The molecule has 3 nitrogen and oxygen atoms in total. The number of likely N-dealkylation sites (N-methyl/N-ethyl adjacent to an activating group) is 1. The number of thioether (sulfide) groups is 1. The second-order valence-corrected chi connectivity index (χ2v) is 5.56. The van der Waals surface area contributed by atoms with Gasteiger partial charge >= 0.3 is 0 Å². The van der Waals surface area contributed by atoms with E-state index in [-0.39, 0.29) is 0 Å². The Morgan fingerprint density at radius 1 is 1.29 bits per heavy atom. The van der Waals surface area contributed by atoms with Crippen molar-refractivity contribution in [3.63, 3.8) is 0 Å². The first-order valence-electron chi connectivity index (χ1n) is 5.35. The summed E-state index contributed by atoms with van der Waals surface area (Å²) < 4.78 is 0. The Labute approximate surface area is 91.5 Å². The van der Waals surface area contributed by atoms with Gasteiger partial charge in [-0.15, -0.1) is 0 Å². The lowest BCUT2D eigenvalue weighted by Gasteiger charge is -2.32. The van der Waals surface area contributed by atoms with E-state index < -0.39 is 0 Å². The third-order valence-corrected chi connectivity index (χ3v) is 3.80. The van der Waals surface area contributed by atoms with Gasteiger partial charge in [0.15, 0.2) is 0 Å². The number of hydrogen-bond donors (Lipinski definition) is 1. The van der Waals surface area contributed by atoms with E-state index in [2.05, 4.69) is 23.8 Å². The van der Waals surface area contributed by atoms with Crippen LogP contribution in [0.3, 0.4) is 0 Å². The first-order valence-corrected chi connectivity index (χ1v) is 6.40. The Hall–Kier alpha value is 0.230. The molecule has 84 valence electrons. The summed E-state index contributed by atoms with van der Waals surface area (Å²) in [5.41, 5.74) is 0. The average Bonchev–Trinajstić information content (AvgIpc) is 2.21. The molecule has 1 heterocycles. The van der Waals surface area contributed by atoms with Gasteiger partial charge in [0.25, 0.3) is 0 Å². The topological polar surface area (TPSA) is 26.7 Å². The molecule has 0 saturated carbocycles. The van der Waals surface area contributed by atoms with Gasteiger partial charge in [0.05, 0.1) is 6.61 Å². The Morgan fingerprint density at radius 3 is 2.50 bits per heavy atom. The van der Waals surface area contributed by atoms with Crippen LogP contribution in [-0.2, 0) is 0 Å². The molecule has 0 aromatic carbocycles. The molecule has 0 bridgehead atoms. The molecule has 4 heteroatoms. The molecule has 0 aromatic heterocycles. The minimum Gasteiger partial charge on any atom is -0.395 e. The minimum atomic E-state index is 0.299. The van der Waals surface area contributed by atoms with Crippen LogP contribution in [0.1, 0.15) is 6.92 Å². The summed E-state index contributed by atoms with van der Waals surface area (Å²) in [6, 6.07) is 0. The highest BCUT2D eigenvalue weighted by atomic mass is 32.2. The maximum absolute atomic E-state index is 8.87. The second kappa shape index (κ2) is 6.67. The zero-order valence-corrected chi connectivity index (χ0v) is 10.1. The predicted molar refractivity (Wildman–Crippen MR) is 62.9 cm³/mol. The molecule has 0 spiro atoms. The first kappa shape index (κ1) is 12.3. The van der Waals surface area contributed by atoms with Crippen molar-refractivity contribution in [2.24, 2.45) is 0 Å². The van der Waals surface area contributed by atoms with Gasteiger partial charge in [0.1, 0.15) is 0 Å². The molecule has 1 N–H and O–H groups in total. The van der Waals surface area contributed by atoms with Crippen LogP contribution in [0.15, 0.2) is 0 Å². The Morgan fingerprint density at radius 2 is 1.93 bits per heavy atom. The van der Waals surface area contributed by atoms with E-state index in [0.29, 0.717) is 11.9 Å². The van der Waals surface area contributed by atoms with Gasteiger partial charge < -0.3 is 10.0 Å². The van der Waals surface area contributed by atoms with Crippen molar-refractivity contribution in [1.82, 2.24) is 9.80 Å². The normalized spacial score (nSPS) is 22.5. The van der Waals surface area contributed by atoms with E-state index in [0.717, 1.165) is 5.75 Å². The van der Waals surface area contributed by atoms with Gasteiger partial charge in [-0.3, -0.25) is 4.90 Å². The van der Waals surface area contributed by atoms with Crippen molar-refractivity contribution in [3.8, 4) is 0 Å². The van der Waals surface area contributed by atoms with Gasteiger partial charge in [0, 0.05) is 43.7 Å². The van der Waals surface area contributed by atoms with E-state index in [1.165, 1.54) is 32.7 Å². The molecular formula is C10H22N2OS. The van der Waals surface area contributed by atoms with Crippen molar-refractivity contribution in [2.75, 3.05) is 52.1 Å². The maximum Gasteiger partial charge on any atom is 0.0547 e. The fourth-order valence-electron chi connectivity index (χ4n) is 1.51. The van der Waals surface area contributed by atoms with Crippen LogP contribution in [0.5, 0.6) is 0 Å². The molecule has 0 aliphatic carbocycles. The van der Waals surface area contributed by atoms with E-state index in [4.69, 9.17) is 5.11 Å². The van der Waals surface area contributed by atoms with Gasteiger partial charge in [-0.25, -0.2) is 0 Å². The summed E-state index contributed by atoms with van der Waals surface area (Å²) in [4.78, 5) is 4.89. The molecule has 1 aliphatic rings. The van der Waals surface area contributed by atoms with Crippen LogP contribution in [-0.4, -0.2) is 72.3 Å². The third kappa shape index (κ3) is 4.64. The standard InChI is InChI=1S/C10H22N2OS/c1-10(9-13)14-8-7-12-5-3-11(2)4-6-12/h10,13H,3-9H2,1-2H3. The summed E-state index contributed by atoms with van der Waals surface area (Å²) in [6.45, 7) is 8.33. The largest absolute Gasteiger partial charge is 0.395 e. The smallest absolute Gasteiger partial charge is 0.0547 e. The maximum atomic E-state index is 8.87. The second-order valence-electron chi connectivity index (χ2n) is 4.01. The van der Waals surface area contributed by atoms with Crippen LogP contribution >= 0.6 is 11.8 Å². The SMILES string of the molecule is CC(CO)SCCN1CCN(C)CC1. The fraction of sp³-hybridized carbons (Fsp3) is 1.00. The van der Waals surface area contributed by atoms with E-state index >= 15 is 0 Å². The Balaban J connectivity index is 2.02. The molecular weight excluding hydrogens is 196 g/mol. The van der Waals surface area contributed by atoms with Crippen LogP contribution in [0.2, 0.25) is 0 Å². The number of rotatable bonds is 5. The van der Waals surface area contributed by atoms with Crippen molar-refractivity contribution in [2.45, 2.75) is 12.2 Å². The van der Waals surface area contributed by atoms with E-state index in [1.54, 1.807) is 0 Å². The number of nitrogens with zero attached hydrogens (tertiary/aromatic N) is 2. The summed E-state index contributed by atoms with van der Waals surface area (Å²) in [5.74, 6) is 1.14. The highest BCUT2D eigenvalue weighted by Gasteiger charge is 2.13. The van der Waals surface area contributed by atoms with Gasteiger partial charge in [-0.1, -0.05) is 6.92 Å². The number of hydrogen-bond acceptors (Lipinski definition) is 4. The Kier molecular flexibility index (Phi) is 5.86. The lowest BCUT2D eigenvalue weighted by molar-refractivity contribution is 0.161.